The van der Waals surface area contributed by atoms with Crippen LogP contribution in [0.15, 0.2) is 24.3 Å². The number of amides is 1. The van der Waals surface area contributed by atoms with Crippen molar-refractivity contribution in [1.82, 2.24) is 4.90 Å². The maximum Gasteiger partial charge on any atom is 0.328 e. The van der Waals surface area contributed by atoms with Crippen molar-refractivity contribution < 1.29 is 14.7 Å². The Kier molecular flexibility index (Phi) is 15.8. The number of hydrogen-bond donors (Lipinski definition) is 1. The molecule has 0 aromatic heterocycles. The Morgan fingerprint density at radius 2 is 1.67 bits per heavy atom. The first-order chi connectivity index (χ1) is 8.49. The number of carboxylic acid groups (broad SMARTS) is 1. The van der Waals surface area contributed by atoms with Crippen molar-refractivity contribution in [2.24, 2.45) is 0 Å². The molecule has 0 heterocycles. The molecule has 104 valence electrons. The molecule has 0 fully saturated rings. The van der Waals surface area contributed by atoms with Gasteiger partial charge in [0.1, 0.15) is 0 Å². The summed E-state index contributed by atoms with van der Waals surface area (Å²) < 4.78 is 0. The normalized spacial score (nSPS) is 10.2. The molecule has 0 atom stereocenters. The number of hydrogen-bond acceptors (Lipinski definition) is 2. The molecule has 1 amide bonds. The smallest absolute Gasteiger partial charge is 0.328 e. The van der Waals surface area contributed by atoms with Gasteiger partial charge in [-0.05, 0) is 12.5 Å². The van der Waals surface area contributed by atoms with Gasteiger partial charge in [0.2, 0.25) is 5.91 Å². The van der Waals surface area contributed by atoms with Crippen LogP contribution in [0, 0.1) is 0 Å². The van der Waals surface area contributed by atoms with Crippen LogP contribution in [0.5, 0.6) is 0 Å². The lowest BCUT2D eigenvalue weighted by Crippen LogP contribution is -2.25. The van der Waals surface area contributed by atoms with Crippen LogP contribution in [0.4, 0.5) is 0 Å². The Morgan fingerprint density at radius 3 is 2.00 bits per heavy atom. The van der Waals surface area contributed by atoms with Crippen LogP contribution in [-0.2, 0) is 9.59 Å². The molecule has 0 aliphatic carbocycles. The van der Waals surface area contributed by atoms with Gasteiger partial charge in [-0.2, -0.15) is 0 Å². The summed E-state index contributed by atoms with van der Waals surface area (Å²) in [5, 5.41) is 9.27. The van der Waals surface area contributed by atoms with Gasteiger partial charge in [0, 0.05) is 30.3 Å². The molecule has 0 aromatic carbocycles. The second kappa shape index (κ2) is 14.4. The van der Waals surface area contributed by atoms with E-state index in [4.69, 9.17) is 5.11 Å². The monoisotopic (exact) mass is 383 g/mol. The van der Waals surface area contributed by atoms with Gasteiger partial charge in [-0.15, -0.1) is 0 Å². The fourth-order valence-corrected chi connectivity index (χ4v) is 1.24. The Balaban J connectivity index is 0. The van der Waals surface area contributed by atoms with E-state index in [-0.39, 0.29) is 5.91 Å². The van der Waals surface area contributed by atoms with Crippen LogP contribution in [0.25, 0.3) is 0 Å². The average Bonchev–Trinajstić information content (AvgIpc) is 2.34. The van der Waals surface area contributed by atoms with Crippen LogP contribution in [0.3, 0.4) is 0 Å². The average molecular weight is 385 g/mol. The largest absolute Gasteiger partial charge is 0.478 e. The van der Waals surface area contributed by atoms with Crippen LogP contribution in [0.1, 0.15) is 13.3 Å². The number of rotatable bonds is 6. The SMILES string of the molecule is CCCN(C)C(=O)/C=C/CBr.O=C(O)/C=C/CBr. The molecule has 4 nitrogen and oxygen atoms in total. The minimum Gasteiger partial charge on any atom is -0.478 e. The predicted octanol–water partition coefficient (Wildman–Crippen LogP) is 2.83. The zero-order chi connectivity index (χ0) is 14.4. The van der Waals surface area contributed by atoms with Crippen LogP contribution < -0.4 is 0 Å². The molecule has 0 saturated carbocycles. The minimum atomic E-state index is -0.903. The molecule has 0 aliphatic rings. The van der Waals surface area contributed by atoms with Crippen LogP contribution in [-0.4, -0.2) is 46.1 Å². The van der Waals surface area contributed by atoms with Gasteiger partial charge in [0.25, 0.3) is 0 Å². The summed E-state index contributed by atoms with van der Waals surface area (Å²) in [7, 11) is 1.81. The second-order valence-electron chi connectivity index (χ2n) is 3.21. The third kappa shape index (κ3) is 15.4. The fourth-order valence-electron chi connectivity index (χ4n) is 0.864. The van der Waals surface area contributed by atoms with Crippen LogP contribution in [0.2, 0.25) is 0 Å². The molecule has 0 radical (unpaired) electrons. The van der Waals surface area contributed by atoms with E-state index >= 15 is 0 Å². The Hall–Kier alpha value is -0.620. The quantitative estimate of drug-likeness (QED) is 0.565. The van der Waals surface area contributed by atoms with E-state index < -0.39 is 5.97 Å². The van der Waals surface area contributed by atoms with E-state index in [1.807, 2.05) is 7.05 Å². The zero-order valence-electron chi connectivity index (χ0n) is 10.6. The molecule has 6 heteroatoms. The number of alkyl halides is 2. The third-order valence-corrected chi connectivity index (χ3v) is 2.38. The van der Waals surface area contributed by atoms with Crippen molar-refractivity contribution in [1.29, 1.82) is 0 Å². The molecule has 0 rings (SSSR count). The molecule has 0 bridgehead atoms. The first-order valence-corrected chi connectivity index (χ1v) is 7.66. The van der Waals surface area contributed by atoms with Gasteiger partial charge < -0.3 is 10.0 Å². The van der Waals surface area contributed by atoms with Crippen molar-refractivity contribution in [2.45, 2.75) is 13.3 Å². The molecule has 1 N–H and O–H groups in total. The summed E-state index contributed by atoms with van der Waals surface area (Å²) in [4.78, 5) is 22.5. The van der Waals surface area contributed by atoms with E-state index in [2.05, 4.69) is 38.8 Å². The number of halogens is 2. The van der Waals surface area contributed by atoms with Crippen molar-refractivity contribution >= 4 is 43.7 Å². The summed E-state index contributed by atoms with van der Waals surface area (Å²) in [5.41, 5.74) is 0. The summed E-state index contributed by atoms with van der Waals surface area (Å²) in [6.45, 7) is 2.88. The van der Waals surface area contributed by atoms with E-state index in [1.165, 1.54) is 6.08 Å². The maximum atomic E-state index is 11.1. The number of nitrogens with zero attached hydrogens (tertiary/aromatic N) is 1. The van der Waals surface area contributed by atoms with Crippen molar-refractivity contribution in [2.75, 3.05) is 24.3 Å². The number of carbonyl (C=O) groups is 2. The highest BCUT2D eigenvalue weighted by atomic mass is 79.9. The third-order valence-electron chi connectivity index (χ3n) is 1.63. The van der Waals surface area contributed by atoms with Gasteiger partial charge >= 0.3 is 5.97 Å². The summed E-state index contributed by atoms with van der Waals surface area (Å²) in [6, 6.07) is 0. The summed E-state index contributed by atoms with van der Waals surface area (Å²) in [5.74, 6) is -0.828. The van der Waals surface area contributed by atoms with Crippen molar-refractivity contribution in [3.05, 3.63) is 24.3 Å². The highest BCUT2D eigenvalue weighted by molar-refractivity contribution is 9.09. The van der Waals surface area contributed by atoms with E-state index in [1.54, 1.807) is 17.1 Å². The van der Waals surface area contributed by atoms with Gasteiger partial charge in [-0.25, -0.2) is 4.79 Å². The van der Waals surface area contributed by atoms with Crippen LogP contribution >= 0.6 is 31.9 Å². The van der Waals surface area contributed by atoms with Gasteiger partial charge in [-0.3, -0.25) is 4.79 Å². The molecule has 0 unspecified atom stereocenters. The van der Waals surface area contributed by atoms with E-state index in [9.17, 15) is 9.59 Å². The Bertz CT molecular complexity index is 291. The van der Waals surface area contributed by atoms with E-state index in [0.717, 1.165) is 24.4 Å². The number of carbonyl (C=O) groups excluding carboxylic acids is 1. The molecule has 18 heavy (non-hydrogen) atoms. The molecular formula is C12H19Br2NO3. The standard InChI is InChI=1S/C8H14BrNO.C4H5BrO2/c1-3-7-10(2)8(11)5-4-6-9;5-3-1-2-4(6)7/h4-5H,3,6-7H2,1-2H3;1-2H,3H2,(H,6,7)/b5-4+;2-1+. The molecule has 0 aromatic rings. The minimum absolute atomic E-state index is 0.0753. The van der Waals surface area contributed by atoms with E-state index in [0.29, 0.717) is 5.33 Å². The fraction of sp³-hybridized carbons (Fsp3) is 0.500. The zero-order valence-corrected chi connectivity index (χ0v) is 13.8. The summed E-state index contributed by atoms with van der Waals surface area (Å²) >= 11 is 6.24. The number of carboxylic acids is 1. The first-order valence-electron chi connectivity index (χ1n) is 5.42. The lowest BCUT2D eigenvalue weighted by atomic mass is 10.4. The van der Waals surface area contributed by atoms with Crippen molar-refractivity contribution in [3.8, 4) is 0 Å². The second-order valence-corrected chi connectivity index (χ2v) is 4.51. The summed E-state index contributed by atoms with van der Waals surface area (Å²) in [6.07, 6.45) is 7.00. The maximum absolute atomic E-state index is 11.1. The Labute approximate surface area is 125 Å². The lowest BCUT2D eigenvalue weighted by molar-refractivity contribution is -0.131. The Morgan fingerprint density at radius 1 is 1.17 bits per heavy atom. The lowest BCUT2D eigenvalue weighted by Gasteiger charge is -2.12. The highest BCUT2D eigenvalue weighted by Crippen LogP contribution is 1.90. The molecular weight excluding hydrogens is 366 g/mol. The van der Waals surface area contributed by atoms with Gasteiger partial charge in [0.05, 0.1) is 0 Å². The highest BCUT2D eigenvalue weighted by Gasteiger charge is 2.00. The first kappa shape index (κ1) is 19.7. The molecule has 0 spiro atoms. The topological polar surface area (TPSA) is 57.6 Å². The molecule has 0 aliphatic heterocycles. The van der Waals surface area contributed by atoms with Gasteiger partial charge in [0.15, 0.2) is 0 Å². The van der Waals surface area contributed by atoms with Crippen molar-refractivity contribution in [3.63, 3.8) is 0 Å². The number of allylic oxidation sites excluding steroid dienone is 2. The predicted molar refractivity (Wildman–Crippen MR) is 81.4 cm³/mol. The number of aliphatic carboxylic acids is 1. The van der Waals surface area contributed by atoms with Gasteiger partial charge in [-0.1, -0.05) is 50.9 Å². The molecule has 0 saturated heterocycles. The number of likely N-dealkylation sites (N-methyl/N-ethyl adjacent to an activating group) is 1.